The second kappa shape index (κ2) is 38.4. The van der Waals surface area contributed by atoms with Crippen LogP contribution in [0, 0.1) is 0 Å². The molecule has 0 saturated heterocycles. The number of phosphoric acid groups is 1. The maximum Gasteiger partial charge on any atom is 0.306 e. The summed E-state index contributed by atoms with van der Waals surface area (Å²) in [7, 11) is 1.10. The fourth-order valence-electron chi connectivity index (χ4n) is 6.28. The van der Waals surface area contributed by atoms with Gasteiger partial charge in [0.15, 0.2) is 11.9 Å². The van der Waals surface area contributed by atoms with E-state index in [0.717, 1.165) is 51.4 Å². The van der Waals surface area contributed by atoms with Crippen molar-refractivity contribution in [3.63, 3.8) is 0 Å². The molecular weight excluding hydrogens is 741 g/mol. The Balaban J connectivity index is 4.38. The molecule has 0 amide bonds. The van der Waals surface area contributed by atoms with Gasteiger partial charge in [0.25, 0.3) is 7.82 Å². The van der Waals surface area contributed by atoms with Gasteiger partial charge in [0.1, 0.15) is 19.8 Å². The highest BCUT2D eigenvalue weighted by Crippen LogP contribution is 2.38. The van der Waals surface area contributed by atoms with Gasteiger partial charge < -0.3 is 27.9 Å². The molecule has 0 aromatic heterocycles. The van der Waals surface area contributed by atoms with E-state index in [0.29, 0.717) is 23.9 Å². The van der Waals surface area contributed by atoms with Crippen molar-refractivity contribution in [1.29, 1.82) is 0 Å². The Bertz CT molecular complexity index is 1090. The van der Waals surface area contributed by atoms with E-state index in [1.165, 1.54) is 109 Å². The summed E-state index contributed by atoms with van der Waals surface area (Å²) < 4.78 is 33.8. The monoisotopic (exact) mass is 828 g/mol. The highest BCUT2D eigenvalue weighted by molar-refractivity contribution is 7.45. The van der Waals surface area contributed by atoms with Crippen molar-refractivity contribution in [2.24, 2.45) is 0 Å². The molecule has 0 fully saturated rings. The van der Waals surface area contributed by atoms with E-state index in [4.69, 9.17) is 18.5 Å². The zero-order valence-electron chi connectivity index (χ0n) is 37.3. The van der Waals surface area contributed by atoms with Crippen molar-refractivity contribution < 1.29 is 46.8 Å². The van der Waals surface area contributed by atoms with Gasteiger partial charge in [-0.1, -0.05) is 167 Å². The summed E-state index contributed by atoms with van der Waals surface area (Å²) in [4.78, 5) is 49.6. The van der Waals surface area contributed by atoms with E-state index in [2.05, 4.69) is 19.9 Å². The SMILES string of the molecule is CCCCC/C=C\C=C\C(=O)CCCCCCCC(=O)O[C@H](COC(=O)CCCCCCCCCCCCCCCCCCC)COP(=O)([O-])OCC[N+](C)(C)C. The Morgan fingerprint density at radius 1 is 0.579 bits per heavy atom. The van der Waals surface area contributed by atoms with E-state index in [1.807, 2.05) is 33.3 Å². The van der Waals surface area contributed by atoms with Crippen molar-refractivity contribution in [3.8, 4) is 0 Å². The first-order valence-corrected chi connectivity index (χ1v) is 24.5. The van der Waals surface area contributed by atoms with Crippen molar-refractivity contribution >= 4 is 25.5 Å². The number of carbonyl (C=O) groups excluding carboxylic acids is 3. The van der Waals surface area contributed by atoms with Crippen LogP contribution in [0.5, 0.6) is 0 Å². The molecular formula is C46H86NO9P. The highest BCUT2D eigenvalue weighted by atomic mass is 31.2. The lowest BCUT2D eigenvalue weighted by Gasteiger charge is -2.28. The number of nitrogens with zero attached hydrogens (tertiary/aromatic N) is 1. The van der Waals surface area contributed by atoms with E-state index in [9.17, 15) is 23.8 Å². The van der Waals surface area contributed by atoms with Crippen LogP contribution >= 0.6 is 7.82 Å². The summed E-state index contributed by atoms with van der Waals surface area (Å²) in [5, 5.41) is 0. The number of rotatable bonds is 42. The summed E-state index contributed by atoms with van der Waals surface area (Å²) in [6.07, 6.45) is 37.3. The number of unbranched alkanes of at least 4 members (excludes halogenated alkanes) is 23. The van der Waals surface area contributed by atoms with Crippen LogP contribution in [0.1, 0.15) is 200 Å². The molecule has 0 rings (SSSR count). The van der Waals surface area contributed by atoms with Gasteiger partial charge in [0.2, 0.25) is 0 Å². The van der Waals surface area contributed by atoms with Crippen LogP contribution in [0.4, 0.5) is 0 Å². The number of ether oxygens (including phenoxy) is 2. The van der Waals surface area contributed by atoms with Gasteiger partial charge in [-0.25, -0.2) is 0 Å². The van der Waals surface area contributed by atoms with E-state index in [1.54, 1.807) is 6.08 Å². The topological polar surface area (TPSA) is 128 Å². The first-order chi connectivity index (χ1) is 27.4. The number of phosphoric ester groups is 1. The van der Waals surface area contributed by atoms with Gasteiger partial charge in [-0.2, -0.15) is 0 Å². The lowest BCUT2D eigenvalue weighted by atomic mass is 10.0. The smallest absolute Gasteiger partial charge is 0.306 e. The molecule has 0 aromatic rings. The standard InChI is InChI=1S/C46H86NO9P/c1-6-8-10-12-14-15-16-17-18-19-20-21-22-23-25-29-33-37-45(49)53-41-44(42-55-57(51,52)54-40-39-47(3,4)5)56-46(50)38-34-30-26-28-32-36-43(48)35-31-27-24-13-11-9-7-2/h24,27,31,35,44H,6-23,25-26,28-30,32-34,36-42H2,1-5H3/b27-24-,35-31+/t44-/m1/s1. The van der Waals surface area contributed by atoms with Crippen LogP contribution < -0.4 is 4.89 Å². The summed E-state index contributed by atoms with van der Waals surface area (Å²) >= 11 is 0. The van der Waals surface area contributed by atoms with Gasteiger partial charge in [0.05, 0.1) is 27.7 Å². The maximum absolute atomic E-state index is 12.7. The largest absolute Gasteiger partial charge is 0.756 e. The zero-order chi connectivity index (χ0) is 42.3. The highest BCUT2D eigenvalue weighted by Gasteiger charge is 2.21. The minimum Gasteiger partial charge on any atom is -0.756 e. The number of ketones is 1. The second-order valence-electron chi connectivity index (χ2n) is 16.8. The van der Waals surface area contributed by atoms with Gasteiger partial charge in [-0.15, -0.1) is 0 Å². The minimum atomic E-state index is -4.65. The van der Waals surface area contributed by atoms with Crippen molar-refractivity contribution in [1.82, 2.24) is 0 Å². The minimum absolute atomic E-state index is 0.0511. The van der Waals surface area contributed by atoms with Crippen LogP contribution in [0.15, 0.2) is 24.3 Å². The van der Waals surface area contributed by atoms with Crippen LogP contribution in [0.25, 0.3) is 0 Å². The molecule has 0 aliphatic heterocycles. The molecule has 0 aromatic carbocycles. The van der Waals surface area contributed by atoms with Crippen molar-refractivity contribution in [2.45, 2.75) is 206 Å². The number of allylic oxidation sites excluding steroid dienone is 4. The first kappa shape index (κ1) is 55.2. The Labute approximate surface area is 349 Å². The lowest BCUT2D eigenvalue weighted by molar-refractivity contribution is -0.870. The van der Waals surface area contributed by atoms with Gasteiger partial charge >= 0.3 is 11.9 Å². The third-order valence-electron chi connectivity index (χ3n) is 9.95. The van der Waals surface area contributed by atoms with Crippen LogP contribution in [0.3, 0.4) is 0 Å². The normalized spacial score (nSPS) is 13.6. The Morgan fingerprint density at radius 2 is 1.04 bits per heavy atom. The molecule has 0 spiro atoms. The summed E-state index contributed by atoms with van der Waals surface area (Å²) in [5.74, 6) is -0.802. The predicted octanol–water partition coefficient (Wildman–Crippen LogP) is 11.7. The quantitative estimate of drug-likeness (QED) is 0.0147. The number of hydrogen-bond donors (Lipinski definition) is 0. The number of carbonyl (C=O) groups is 3. The first-order valence-electron chi connectivity index (χ1n) is 23.0. The molecule has 0 aliphatic carbocycles. The van der Waals surface area contributed by atoms with Gasteiger partial charge in [0, 0.05) is 19.3 Å². The molecule has 1 unspecified atom stereocenters. The number of esters is 2. The maximum atomic E-state index is 12.7. The molecule has 2 atom stereocenters. The van der Waals surface area contributed by atoms with Gasteiger partial charge in [-0.05, 0) is 38.2 Å². The molecule has 0 bridgehead atoms. The summed E-state index contributed by atoms with van der Waals surface area (Å²) in [6.45, 7) is 4.05. The average Bonchev–Trinajstić information content (AvgIpc) is 3.15. The fourth-order valence-corrected chi connectivity index (χ4v) is 7.01. The number of hydrogen-bond acceptors (Lipinski definition) is 9. The average molecular weight is 828 g/mol. The van der Waals surface area contributed by atoms with E-state index >= 15 is 0 Å². The Hall–Kier alpha value is -1.84. The predicted molar refractivity (Wildman–Crippen MR) is 232 cm³/mol. The third kappa shape index (κ3) is 42.1. The molecule has 0 radical (unpaired) electrons. The van der Waals surface area contributed by atoms with Crippen LogP contribution in [-0.4, -0.2) is 75.8 Å². The Kier molecular flexibility index (Phi) is 37.1. The van der Waals surface area contributed by atoms with Crippen LogP contribution in [0.2, 0.25) is 0 Å². The lowest BCUT2D eigenvalue weighted by Crippen LogP contribution is -2.37. The van der Waals surface area contributed by atoms with Crippen LogP contribution in [-0.2, 0) is 37.5 Å². The molecule has 0 aliphatic rings. The molecule has 0 N–H and O–H groups in total. The summed E-state index contributed by atoms with van der Waals surface area (Å²) in [5.41, 5.74) is 0. The number of likely N-dealkylation sites (N-methyl/N-ethyl adjacent to an activating group) is 1. The molecule has 334 valence electrons. The summed E-state index contributed by atoms with van der Waals surface area (Å²) in [6, 6.07) is 0. The van der Waals surface area contributed by atoms with Gasteiger partial charge in [-0.3, -0.25) is 18.9 Å². The molecule has 11 heteroatoms. The van der Waals surface area contributed by atoms with E-state index in [-0.39, 0.29) is 31.8 Å². The second-order valence-corrected chi connectivity index (χ2v) is 18.2. The fraction of sp³-hybridized carbons (Fsp3) is 0.848. The molecule has 10 nitrogen and oxygen atoms in total. The molecule has 0 heterocycles. The van der Waals surface area contributed by atoms with E-state index < -0.39 is 32.5 Å². The molecule has 0 saturated carbocycles. The zero-order valence-corrected chi connectivity index (χ0v) is 38.2. The number of quaternary nitrogens is 1. The molecule has 57 heavy (non-hydrogen) atoms. The Morgan fingerprint density at radius 3 is 1.54 bits per heavy atom. The van der Waals surface area contributed by atoms with Crippen molar-refractivity contribution in [3.05, 3.63) is 24.3 Å². The van der Waals surface area contributed by atoms with Crippen molar-refractivity contribution in [2.75, 3.05) is 47.5 Å². The third-order valence-corrected chi connectivity index (χ3v) is 10.9.